The zero-order valence-corrected chi connectivity index (χ0v) is 15.8. The zero-order chi connectivity index (χ0) is 21.2. The third kappa shape index (κ3) is 4.18. The first-order valence-corrected chi connectivity index (χ1v) is 9.20. The maximum absolute atomic E-state index is 12.8. The number of rotatable bonds is 5. The average Bonchev–Trinajstić information content (AvgIpc) is 3.24. The summed E-state index contributed by atoms with van der Waals surface area (Å²) in [6.07, 6.45) is 3.71. The van der Waals surface area contributed by atoms with Gasteiger partial charge in [0, 0.05) is 18.2 Å². The molecule has 2 aliphatic rings. The van der Waals surface area contributed by atoms with E-state index in [0.717, 1.165) is 25.7 Å². The second-order valence-corrected chi connectivity index (χ2v) is 7.26. The van der Waals surface area contributed by atoms with E-state index in [4.69, 9.17) is 0 Å². The van der Waals surface area contributed by atoms with Crippen molar-refractivity contribution < 1.29 is 24.1 Å². The fourth-order valence-corrected chi connectivity index (χ4v) is 3.57. The lowest BCUT2D eigenvalue weighted by molar-refractivity contribution is -0.385. The number of nitrogens with zero attached hydrogens (tertiary/aromatic N) is 2. The molecule has 1 saturated carbocycles. The number of amides is 6. The van der Waals surface area contributed by atoms with Gasteiger partial charge in [-0.3, -0.25) is 29.9 Å². The van der Waals surface area contributed by atoms with Gasteiger partial charge in [-0.1, -0.05) is 25.0 Å². The van der Waals surface area contributed by atoms with Crippen LogP contribution in [0.3, 0.4) is 0 Å². The zero-order valence-electron chi connectivity index (χ0n) is 15.8. The van der Waals surface area contributed by atoms with Crippen LogP contribution in [0, 0.1) is 10.1 Å². The molecular weight excluding hydrogens is 382 g/mol. The Hall–Kier alpha value is -3.50. The van der Waals surface area contributed by atoms with E-state index in [1.54, 1.807) is 0 Å². The number of hydrogen-bond donors (Lipinski definition) is 3. The molecule has 0 radical (unpaired) electrons. The number of non-ortho nitro benzene ring substituents is 1. The molecule has 29 heavy (non-hydrogen) atoms. The minimum Gasteiger partial charge on any atom is -0.335 e. The normalized spacial score (nSPS) is 21.8. The molecule has 11 heteroatoms. The number of benzene rings is 1. The van der Waals surface area contributed by atoms with E-state index in [0.29, 0.717) is 4.90 Å². The highest BCUT2D eigenvalue weighted by Crippen LogP contribution is 2.30. The van der Waals surface area contributed by atoms with E-state index >= 15 is 0 Å². The van der Waals surface area contributed by atoms with Gasteiger partial charge in [0.25, 0.3) is 11.6 Å². The van der Waals surface area contributed by atoms with E-state index in [9.17, 15) is 29.3 Å². The standard InChI is InChI=1S/C18H21N5O6/c1-18(11-5-4-8-13(9-11)23(28)29)15(25)22(17(27)21-18)10-14(24)20-16(26)19-12-6-2-3-7-12/h4-5,8-9,12H,2-3,6-7,10H2,1H3,(H,21,27)(H2,19,20,24,26). The van der Waals surface area contributed by atoms with Crippen molar-refractivity contribution in [1.29, 1.82) is 0 Å². The summed E-state index contributed by atoms with van der Waals surface area (Å²) in [7, 11) is 0. The van der Waals surface area contributed by atoms with Crippen molar-refractivity contribution in [2.75, 3.05) is 6.54 Å². The van der Waals surface area contributed by atoms with Crippen molar-refractivity contribution in [3.8, 4) is 0 Å². The first-order valence-electron chi connectivity index (χ1n) is 9.20. The van der Waals surface area contributed by atoms with E-state index in [1.807, 2.05) is 0 Å². The molecule has 11 nitrogen and oxygen atoms in total. The Balaban J connectivity index is 1.66. The van der Waals surface area contributed by atoms with Crippen LogP contribution in [0.25, 0.3) is 0 Å². The second kappa shape index (κ2) is 7.86. The minimum atomic E-state index is -1.56. The van der Waals surface area contributed by atoms with E-state index in [-0.39, 0.29) is 17.3 Å². The van der Waals surface area contributed by atoms with Gasteiger partial charge in [-0.2, -0.15) is 0 Å². The highest BCUT2D eigenvalue weighted by atomic mass is 16.6. The molecule has 0 bridgehead atoms. The Kier molecular flexibility index (Phi) is 5.48. The van der Waals surface area contributed by atoms with Crippen LogP contribution in [-0.4, -0.2) is 46.3 Å². The highest BCUT2D eigenvalue weighted by Gasteiger charge is 2.50. The Labute approximate surface area is 166 Å². The summed E-state index contributed by atoms with van der Waals surface area (Å²) in [5.74, 6) is -1.55. The minimum absolute atomic E-state index is 0.0108. The van der Waals surface area contributed by atoms with Crippen molar-refractivity contribution in [1.82, 2.24) is 20.9 Å². The van der Waals surface area contributed by atoms with Gasteiger partial charge in [0.15, 0.2) is 0 Å². The Morgan fingerprint density at radius 3 is 2.66 bits per heavy atom. The van der Waals surface area contributed by atoms with Crippen LogP contribution in [0.1, 0.15) is 38.2 Å². The molecule has 2 fully saturated rings. The van der Waals surface area contributed by atoms with Gasteiger partial charge in [0.05, 0.1) is 4.92 Å². The third-order valence-corrected chi connectivity index (χ3v) is 5.15. The van der Waals surface area contributed by atoms with Gasteiger partial charge in [-0.25, -0.2) is 9.59 Å². The fourth-order valence-electron chi connectivity index (χ4n) is 3.57. The molecule has 1 unspecified atom stereocenters. The second-order valence-electron chi connectivity index (χ2n) is 7.26. The van der Waals surface area contributed by atoms with Gasteiger partial charge >= 0.3 is 12.1 Å². The molecule has 6 amide bonds. The van der Waals surface area contributed by atoms with E-state index < -0.39 is 40.9 Å². The molecular formula is C18H21N5O6. The lowest BCUT2D eigenvalue weighted by Crippen LogP contribution is -2.48. The third-order valence-electron chi connectivity index (χ3n) is 5.15. The molecule has 1 saturated heterocycles. The summed E-state index contributed by atoms with van der Waals surface area (Å²) in [5.41, 5.74) is -1.58. The van der Waals surface area contributed by atoms with Crippen LogP contribution in [0.4, 0.5) is 15.3 Å². The van der Waals surface area contributed by atoms with Crippen molar-refractivity contribution in [3.63, 3.8) is 0 Å². The SMILES string of the molecule is CC1(c2cccc([N+](=O)[O-])c2)NC(=O)N(CC(=O)NC(=O)NC2CCCC2)C1=O. The predicted octanol–water partition coefficient (Wildman–Crippen LogP) is 1.13. The topological polar surface area (TPSA) is 151 Å². The highest BCUT2D eigenvalue weighted by molar-refractivity contribution is 6.10. The molecule has 1 heterocycles. The Morgan fingerprint density at radius 1 is 1.31 bits per heavy atom. The summed E-state index contributed by atoms with van der Waals surface area (Å²) in [6.45, 7) is 0.754. The monoisotopic (exact) mass is 403 g/mol. The summed E-state index contributed by atoms with van der Waals surface area (Å²) in [5, 5.41) is 18.2. The lowest BCUT2D eigenvalue weighted by Gasteiger charge is -2.22. The number of imide groups is 2. The molecule has 1 aliphatic carbocycles. The molecule has 3 rings (SSSR count). The Bertz CT molecular complexity index is 881. The van der Waals surface area contributed by atoms with Gasteiger partial charge in [0.1, 0.15) is 12.1 Å². The molecule has 1 aromatic rings. The van der Waals surface area contributed by atoms with Crippen LogP contribution in [-0.2, 0) is 15.1 Å². The molecule has 0 aromatic heterocycles. The number of carbonyl (C=O) groups excluding carboxylic acids is 4. The summed E-state index contributed by atoms with van der Waals surface area (Å²) in [6, 6.07) is 3.85. The van der Waals surface area contributed by atoms with Crippen LogP contribution in [0.2, 0.25) is 0 Å². The van der Waals surface area contributed by atoms with Crippen molar-refractivity contribution in [2.45, 2.75) is 44.2 Å². The number of nitro benzene ring substituents is 1. The van der Waals surface area contributed by atoms with E-state index in [1.165, 1.54) is 31.2 Å². The van der Waals surface area contributed by atoms with Gasteiger partial charge < -0.3 is 10.6 Å². The molecule has 3 N–H and O–H groups in total. The fraction of sp³-hybridized carbons (Fsp3) is 0.444. The quantitative estimate of drug-likeness (QED) is 0.381. The smallest absolute Gasteiger partial charge is 0.325 e. The summed E-state index contributed by atoms with van der Waals surface area (Å²) >= 11 is 0. The number of hydrogen-bond acceptors (Lipinski definition) is 6. The first-order chi connectivity index (χ1) is 13.7. The Morgan fingerprint density at radius 2 is 2.00 bits per heavy atom. The predicted molar refractivity (Wildman–Crippen MR) is 99.6 cm³/mol. The molecule has 0 spiro atoms. The van der Waals surface area contributed by atoms with Crippen molar-refractivity contribution >= 4 is 29.6 Å². The van der Waals surface area contributed by atoms with Crippen molar-refractivity contribution in [2.24, 2.45) is 0 Å². The van der Waals surface area contributed by atoms with Gasteiger partial charge in [0.2, 0.25) is 5.91 Å². The van der Waals surface area contributed by atoms with Crippen LogP contribution in [0.5, 0.6) is 0 Å². The number of nitro groups is 1. The van der Waals surface area contributed by atoms with Crippen molar-refractivity contribution in [3.05, 3.63) is 39.9 Å². The van der Waals surface area contributed by atoms with Crippen LogP contribution >= 0.6 is 0 Å². The summed E-state index contributed by atoms with van der Waals surface area (Å²) in [4.78, 5) is 60.2. The molecule has 154 valence electrons. The molecule has 1 aliphatic heterocycles. The van der Waals surface area contributed by atoms with Gasteiger partial charge in [-0.15, -0.1) is 0 Å². The first kappa shape index (κ1) is 20.2. The number of carbonyl (C=O) groups is 4. The molecule has 1 aromatic carbocycles. The summed E-state index contributed by atoms with van der Waals surface area (Å²) < 4.78 is 0. The number of urea groups is 2. The largest absolute Gasteiger partial charge is 0.335 e. The van der Waals surface area contributed by atoms with E-state index in [2.05, 4.69) is 16.0 Å². The maximum atomic E-state index is 12.8. The molecule has 1 atom stereocenters. The lowest BCUT2D eigenvalue weighted by atomic mass is 9.91. The number of nitrogens with one attached hydrogen (secondary N) is 3. The maximum Gasteiger partial charge on any atom is 0.325 e. The average molecular weight is 403 g/mol. The van der Waals surface area contributed by atoms with Crippen LogP contribution in [0.15, 0.2) is 24.3 Å². The van der Waals surface area contributed by atoms with Crippen LogP contribution < -0.4 is 16.0 Å². The van der Waals surface area contributed by atoms with Gasteiger partial charge in [-0.05, 0) is 25.3 Å².